The molecular weight excluding hydrogens is 296 g/mol. The number of carbonyl (C=O) groups is 3. The van der Waals surface area contributed by atoms with Crippen LogP contribution in [0.3, 0.4) is 0 Å². The number of anilines is 1. The van der Waals surface area contributed by atoms with Crippen LogP contribution >= 0.6 is 0 Å². The number of likely N-dealkylation sites (tertiary alicyclic amines) is 1. The molecule has 23 heavy (non-hydrogen) atoms. The van der Waals surface area contributed by atoms with Crippen molar-refractivity contribution in [1.82, 2.24) is 4.90 Å². The number of hydrogen-bond donors (Lipinski definition) is 1. The molecule has 6 heteroatoms. The Morgan fingerprint density at radius 2 is 1.91 bits per heavy atom. The molecule has 0 aromatic heterocycles. The fraction of sp³-hybridized carbons (Fsp3) is 0.471. The highest BCUT2D eigenvalue weighted by atomic mass is 16.5. The molecule has 124 valence electrons. The number of amides is 2. The van der Waals surface area contributed by atoms with Gasteiger partial charge in [-0.3, -0.25) is 14.4 Å². The van der Waals surface area contributed by atoms with Crippen molar-refractivity contribution in [1.29, 1.82) is 0 Å². The van der Waals surface area contributed by atoms with E-state index in [1.807, 2.05) is 4.90 Å². The van der Waals surface area contributed by atoms with E-state index in [9.17, 15) is 14.4 Å². The van der Waals surface area contributed by atoms with Crippen molar-refractivity contribution in [3.63, 3.8) is 0 Å². The highest BCUT2D eigenvalue weighted by Gasteiger charge is 2.18. The molecule has 0 radical (unpaired) electrons. The summed E-state index contributed by atoms with van der Waals surface area (Å²) in [5.41, 5.74) is 1.04. The summed E-state index contributed by atoms with van der Waals surface area (Å²) in [6, 6.07) is 6.78. The number of rotatable bonds is 5. The second-order valence-electron chi connectivity index (χ2n) is 5.46. The van der Waals surface area contributed by atoms with Gasteiger partial charge in [0.25, 0.3) is 5.91 Å². The van der Waals surface area contributed by atoms with Crippen molar-refractivity contribution < 1.29 is 19.1 Å². The number of esters is 1. The van der Waals surface area contributed by atoms with E-state index in [1.54, 1.807) is 31.2 Å². The van der Waals surface area contributed by atoms with Crippen molar-refractivity contribution in [2.45, 2.75) is 32.6 Å². The third-order valence-electron chi connectivity index (χ3n) is 3.65. The van der Waals surface area contributed by atoms with E-state index in [-0.39, 0.29) is 18.9 Å². The number of carbonyl (C=O) groups excluding carboxylic acids is 3. The van der Waals surface area contributed by atoms with Gasteiger partial charge in [0, 0.05) is 24.3 Å². The Kier molecular flexibility index (Phi) is 6.14. The minimum atomic E-state index is -0.564. The molecule has 1 saturated heterocycles. The Bertz CT molecular complexity index is 580. The van der Waals surface area contributed by atoms with Gasteiger partial charge in [0.05, 0.1) is 6.61 Å². The molecule has 6 nitrogen and oxygen atoms in total. The van der Waals surface area contributed by atoms with Crippen LogP contribution < -0.4 is 5.32 Å². The van der Waals surface area contributed by atoms with Crippen LogP contribution in [0.15, 0.2) is 24.3 Å². The molecule has 0 bridgehead atoms. The zero-order valence-electron chi connectivity index (χ0n) is 13.3. The number of ether oxygens (including phenoxy) is 1. The molecule has 1 aliphatic heterocycles. The van der Waals surface area contributed by atoms with Crippen molar-refractivity contribution >= 4 is 23.5 Å². The molecule has 1 N–H and O–H groups in total. The Balaban J connectivity index is 1.97. The van der Waals surface area contributed by atoms with E-state index in [4.69, 9.17) is 4.74 Å². The monoisotopic (exact) mass is 318 g/mol. The molecule has 0 spiro atoms. The second kappa shape index (κ2) is 8.31. The first-order chi connectivity index (χ1) is 11.1. The molecule has 2 amide bonds. The maximum absolute atomic E-state index is 12.4. The first kappa shape index (κ1) is 17.0. The standard InChI is InChI=1S/C17H22N2O4/c1-2-23-16(21)12-15(20)18-14-8-6-7-13(11-14)17(22)19-9-4-3-5-10-19/h6-8,11H,2-5,9-10,12H2,1H3,(H,18,20). The van der Waals surface area contributed by atoms with Gasteiger partial charge in [-0.15, -0.1) is 0 Å². The van der Waals surface area contributed by atoms with Gasteiger partial charge in [0.15, 0.2) is 0 Å². The highest BCUT2D eigenvalue weighted by molar-refractivity contribution is 6.02. The zero-order chi connectivity index (χ0) is 16.7. The molecule has 1 aromatic carbocycles. The lowest BCUT2D eigenvalue weighted by molar-refractivity contribution is -0.145. The predicted octanol–water partition coefficient (Wildman–Crippen LogP) is 2.20. The maximum Gasteiger partial charge on any atom is 0.315 e. The Morgan fingerprint density at radius 1 is 1.17 bits per heavy atom. The average molecular weight is 318 g/mol. The van der Waals surface area contributed by atoms with E-state index >= 15 is 0 Å². The van der Waals surface area contributed by atoms with Gasteiger partial charge in [0.2, 0.25) is 5.91 Å². The van der Waals surface area contributed by atoms with E-state index in [2.05, 4.69) is 5.32 Å². The molecule has 0 saturated carbocycles. The van der Waals surface area contributed by atoms with Crippen LogP contribution in [0.2, 0.25) is 0 Å². The van der Waals surface area contributed by atoms with Crippen LogP contribution in [0.5, 0.6) is 0 Å². The van der Waals surface area contributed by atoms with Crippen LogP contribution in [-0.2, 0) is 14.3 Å². The number of hydrogen-bond acceptors (Lipinski definition) is 4. The lowest BCUT2D eigenvalue weighted by atomic mass is 10.1. The normalized spacial score (nSPS) is 14.2. The van der Waals surface area contributed by atoms with E-state index in [1.165, 1.54) is 0 Å². The summed E-state index contributed by atoms with van der Waals surface area (Å²) >= 11 is 0. The number of piperidine rings is 1. The van der Waals surface area contributed by atoms with Gasteiger partial charge in [-0.1, -0.05) is 6.07 Å². The number of nitrogens with one attached hydrogen (secondary N) is 1. The lowest BCUT2D eigenvalue weighted by Crippen LogP contribution is -2.35. The van der Waals surface area contributed by atoms with Crippen molar-refractivity contribution in [3.05, 3.63) is 29.8 Å². The largest absolute Gasteiger partial charge is 0.466 e. The molecule has 0 atom stereocenters. The molecule has 0 aliphatic carbocycles. The fourth-order valence-corrected chi connectivity index (χ4v) is 2.56. The number of nitrogens with zero attached hydrogens (tertiary/aromatic N) is 1. The van der Waals surface area contributed by atoms with Gasteiger partial charge in [-0.25, -0.2) is 0 Å². The molecule has 0 unspecified atom stereocenters. The van der Waals surface area contributed by atoms with E-state index in [0.717, 1.165) is 32.4 Å². The van der Waals surface area contributed by atoms with Crippen LogP contribution in [0.25, 0.3) is 0 Å². The smallest absolute Gasteiger partial charge is 0.315 e. The van der Waals surface area contributed by atoms with Gasteiger partial charge >= 0.3 is 5.97 Å². The van der Waals surface area contributed by atoms with Crippen molar-refractivity contribution in [2.75, 3.05) is 25.0 Å². The summed E-state index contributed by atoms with van der Waals surface area (Å²) in [5, 5.41) is 2.62. The van der Waals surface area contributed by atoms with Gasteiger partial charge in [-0.2, -0.15) is 0 Å². The minimum absolute atomic E-state index is 0.0220. The summed E-state index contributed by atoms with van der Waals surface area (Å²) in [7, 11) is 0. The van der Waals surface area contributed by atoms with Crippen LogP contribution in [-0.4, -0.2) is 42.4 Å². The summed E-state index contributed by atoms with van der Waals surface area (Å²) in [6.07, 6.45) is 2.88. The SMILES string of the molecule is CCOC(=O)CC(=O)Nc1cccc(C(=O)N2CCCCC2)c1. The first-order valence-electron chi connectivity index (χ1n) is 7.95. The average Bonchev–Trinajstić information content (AvgIpc) is 2.55. The van der Waals surface area contributed by atoms with E-state index in [0.29, 0.717) is 11.3 Å². The summed E-state index contributed by atoms with van der Waals surface area (Å²) in [4.78, 5) is 37.3. The molecule has 2 rings (SSSR count). The molecule has 1 aromatic rings. The molecule has 1 aliphatic rings. The third kappa shape index (κ3) is 5.09. The van der Waals surface area contributed by atoms with E-state index < -0.39 is 11.9 Å². The Morgan fingerprint density at radius 3 is 2.61 bits per heavy atom. The van der Waals surface area contributed by atoms with Crippen molar-refractivity contribution in [3.8, 4) is 0 Å². The van der Waals surface area contributed by atoms with Gasteiger partial charge in [-0.05, 0) is 44.4 Å². The second-order valence-corrected chi connectivity index (χ2v) is 5.46. The minimum Gasteiger partial charge on any atom is -0.466 e. The summed E-state index contributed by atoms with van der Waals surface area (Å²) in [6.45, 7) is 3.48. The highest BCUT2D eigenvalue weighted by Crippen LogP contribution is 2.16. The number of benzene rings is 1. The quantitative estimate of drug-likeness (QED) is 0.667. The fourth-order valence-electron chi connectivity index (χ4n) is 2.56. The topological polar surface area (TPSA) is 75.7 Å². The van der Waals surface area contributed by atoms with Crippen LogP contribution in [0, 0.1) is 0 Å². The lowest BCUT2D eigenvalue weighted by Gasteiger charge is -2.26. The summed E-state index contributed by atoms with van der Waals surface area (Å²) < 4.78 is 4.73. The Labute approximate surface area is 135 Å². The Hall–Kier alpha value is -2.37. The molecular formula is C17H22N2O4. The molecule has 1 fully saturated rings. The zero-order valence-corrected chi connectivity index (χ0v) is 13.3. The first-order valence-corrected chi connectivity index (χ1v) is 7.95. The van der Waals surface area contributed by atoms with Gasteiger partial charge in [0.1, 0.15) is 6.42 Å². The third-order valence-corrected chi connectivity index (χ3v) is 3.65. The van der Waals surface area contributed by atoms with Crippen molar-refractivity contribution in [2.24, 2.45) is 0 Å². The summed E-state index contributed by atoms with van der Waals surface area (Å²) in [5.74, 6) is -1.04. The van der Waals surface area contributed by atoms with Crippen LogP contribution in [0.4, 0.5) is 5.69 Å². The maximum atomic E-state index is 12.4. The molecule has 1 heterocycles. The predicted molar refractivity (Wildman–Crippen MR) is 86.1 cm³/mol. The van der Waals surface area contributed by atoms with Gasteiger partial charge < -0.3 is 15.0 Å². The van der Waals surface area contributed by atoms with Crippen LogP contribution in [0.1, 0.15) is 43.0 Å².